The first kappa shape index (κ1) is 14.1. The van der Waals surface area contributed by atoms with Gasteiger partial charge < -0.3 is 3.07 Å². The Balaban J connectivity index is 2.26. The van der Waals surface area contributed by atoms with Gasteiger partial charge in [-0.3, -0.25) is 0 Å². The summed E-state index contributed by atoms with van der Waals surface area (Å²) < 4.78 is 6.43. The molecule has 0 bridgehead atoms. The Kier molecular flexibility index (Phi) is 5.29. The SMILES string of the molecule is Cc1cc(Cc2ccccc2OI)ccc1CI. The van der Waals surface area contributed by atoms with E-state index < -0.39 is 0 Å². The van der Waals surface area contributed by atoms with Gasteiger partial charge in [-0.25, -0.2) is 0 Å². The van der Waals surface area contributed by atoms with E-state index in [0.717, 1.165) is 16.6 Å². The molecule has 0 fully saturated rings. The molecule has 3 heteroatoms. The molecule has 0 radical (unpaired) electrons. The van der Waals surface area contributed by atoms with Crippen molar-refractivity contribution in [3.8, 4) is 5.75 Å². The molecule has 18 heavy (non-hydrogen) atoms. The van der Waals surface area contributed by atoms with Crippen LogP contribution < -0.4 is 3.07 Å². The van der Waals surface area contributed by atoms with E-state index in [0.29, 0.717) is 0 Å². The molecule has 0 spiro atoms. The van der Waals surface area contributed by atoms with E-state index in [1.54, 1.807) is 0 Å². The Morgan fingerprint density at radius 2 is 1.83 bits per heavy atom. The highest BCUT2D eigenvalue weighted by Gasteiger charge is 2.05. The average Bonchev–Trinajstić information content (AvgIpc) is 2.39. The highest BCUT2D eigenvalue weighted by atomic mass is 127. The zero-order valence-corrected chi connectivity index (χ0v) is 14.4. The van der Waals surface area contributed by atoms with Crippen LogP contribution in [0.1, 0.15) is 22.3 Å². The molecule has 0 aliphatic carbocycles. The second-order valence-corrected chi connectivity index (χ2v) is 5.46. The van der Waals surface area contributed by atoms with Crippen LogP contribution in [0.5, 0.6) is 5.75 Å². The first-order valence-electron chi connectivity index (χ1n) is 5.75. The van der Waals surface area contributed by atoms with Gasteiger partial charge in [0.25, 0.3) is 0 Å². The van der Waals surface area contributed by atoms with Crippen molar-refractivity contribution in [2.75, 3.05) is 0 Å². The lowest BCUT2D eigenvalue weighted by Crippen LogP contribution is -1.93. The lowest BCUT2D eigenvalue weighted by Gasteiger charge is -2.09. The van der Waals surface area contributed by atoms with Crippen molar-refractivity contribution in [1.82, 2.24) is 0 Å². The van der Waals surface area contributed by atoms with E-state index in [9.17, 15) is 0 Å². The molecule has 2 rings (SSSR count). The number of benzene rings is 2. The summed E-state index contributed by atoms with van der Waals surface area (Å²) in [6, 6.07) is 14.9. The molecule has 0 heterocycles. The minimum absolute atomic E-state index is 0.918. The number of alkyl halides is 1. The van der Waals surface area contributed by atoms with E-state index >= 15 is 0 Å². The van der Waals surface area contributed by atoms with Crippen LogP contribution in [0, 0.1) is 6.92 Å². The standard InChI is InChI=1S/C15H14I2O/c1-11-8-12(6-7-14(11)10-16)9-13-4-2-3-5-15(13)18-17/h2-8H,9-10H2,1H3. The lowest BCUT2D eigenvalue weighted by atomic mass is 10.00. The summed E-state index contributed by atoms with van der Waals surface area (Å²) in [5.74, 6) is 0.953. The second-order valence-electron chi connectivity index (χ2n) is 4.26. The zero-order valence-electron chi connectivity index (χ0n) is 10.1. The van der Waals surface area contributed by atoms with E-state index in [4.69, 9.17) is 3.07 Å². The Labute approximate surface area is 136 Å². The van der Waals surface area contributed by atoms with Gasteiger partial charge in [0, 0.05) is 10.8 Å². The largest absolute Gasteiger partial charge is 0.427 e. The van der Waals surface area contributed by atoms with E-state index in [-0.39, 0.29) is 0 Å². The van der Waals surface area contributed by atoms with Crippen LogP contribution in [0.3, 0.4) is 0 Å². The summed E-state index contributed by atoms with van der Waals surface area (Å²) in [6.07, 6.45) is 0.918. The molecule has 0 amide bonds. The summed E-state index contributed by atoms with van der Waals surface area (Å²) in [5, 5.41) is 0. The van der Waals surface area contributed by atoms with Crippen molar-refractivity contribution in [2.24, 2.45) is 0 Å². The molecule has 94 valence electrons. The molecule has 0 unspecified atom stereocenters. The summed E-state index contributed by atoms with van der Waals surface area (Å²) in [5.41, 5.74) is 5.35. The van der Waals surface area contributed by atoms with Gasteiger partial charge in [-0.2, -0.15) is 0 Å². The van der Waals surface area contributed by atoms with E-state index in [2.05, 4.69) is 59.8 Å². The number of hydrogen-bond donors (Lipinski definition) is 0. The smallest absolute Gasteiger partial charge is 0.192 e. The Morgan fingerprint density at radius 3 is 2.50 bits per heavy atom. The van der Waals surface area contributed by atoms with Gasteiger partial charge in [-0.05, 0) is 35.2 Å². The van der Waals surface area contributed by atoms with Gasteiger partial charge in [0.1, 0.15) is 5.75 Å². The first-order valence-corrected chi connectivity index (χ1v) is 8.16. The number of aryl methyl sites for hydroxylation is 1. The second kappa shape index (κ2) is 6.75. The van der Waals surface area contributed by atoms with Crippen LogP contribution >= 0.6 is 45.6 Å². The maximum absolute atomic E-state index is 5.36. The van der Waals surface area contributed by atoms with Crippen LogP contribution in [-0.2, 0) is 10.8 Å². The summed E-state index contributed by atoms with van der Waals surface area (Å²) in [6.45, 7) is 2.18. The van der Waals surface area contributed by atoms with Crippen molar-refractivity contribution >= 4 is 45.6 Å². The fraction of sp³-hybridized carbons (Fsp3) is 0.200. The predicted octanol–water partition coefficient (Wildman–Crippen LogP) is 5.25. The number of para-hydroxylation sites is 1. The maximum atomic E-state index is 5.36. The fourth-order valence-corrected chi connectivity index (χ4v) is 3.25. The minimum atomic E-state index is 0.918. The molecule has 1 nitrogen and oxygen atoms in total. The minimum Gasteiger partial charge on any atom is -0.427 e. The Hall–Kier alpha value is -0.300. The third kappa shape index (κ3) is 3.38. The Morgan fingerprint density at radius 1 is 1.06 bits per heavy atom. The fourth-order valence-electron chi connectivity index (χ4n) is 1.96. The molecular weight excluding hydrogens is 450 g/mol. The normalized spacial score (nSPS) is 10.4. The number of halogens is 2. The monoisotopic (exact) mass is 464 g/mol. The van der Waals surface area contributed by atoms with Crippen LogP contribution in [0.2, 0.25) is 0 Å². The van der Waals surface area contributed by atoms with Crippen molar-refractivity contribution < 1.29 is 3.07 Å². The van der Waals surface area contributed by atoms with Crippen LogP contribution in [-0.4, -0.2) is 0 Å². The molecule has 0 aromatic heterocycles. The first-order chi connectivity index (χ1) is 8.74. The summed E-state index contributed by atoms with van der Waals surface area (Å²) >= 11 is 4.34. The predicted molar refractivity (Wildman–Crippen MR) is 92.8 cm³/mol. The molecule has 0 saturated carbocycles. The molecular formula is C15H14I2O. The van der Waals surface area contributed by atoms with Crippen molar-refractivity contribution in [3.05, 3.63) is 64.7 Å². The zero-order chi connectivity index (χ0) is 13.0. The third-order valence-corrected chi connectivity index (χ3v) is 4.30. The number of rotatable bonds is 4. The quantitative estimate of drug-likeness (QED) is 0.444. The van der Waals surface area contributed by atoms with Crippen molar-refractivity contribution in [3.63, 3.8) is 0 Å². The van der Waals surface area contributed by atoms with Crippen molar-refractivity contribution in [1.29, 1.82) is 0 Å². The van der Waals surface area contributed by atoms with E-state index in [1.165, 1.54) is 22.3 Å². The van der Waals surface area contributed by atoms with Gasteiger partial charge in [-0.1, -0.05) is 59.0 Å². The van der Waals surface area contributed by atoms with Crippen LogP contribution in [0.4, 0.5) is 0 Å². The maximum Gasteiger partial charge on any atom is 0.192 e. The molecule has 2 aromatic rings. The van der Waals surface area contributed by atoms with Gasteiger partial charge >= 0.3 is 0 Å². The third-order valence-electron chi connectivity index (χ3n) is 3.00. The van der Waals surface area contributed by atoms with Crippen LogP contribution in [0.25, 0.3) is 0 Å². The van der Waals surface area contributed by atoms with E-state index in [1.807, 2.05) is 35.1 Å². The van der Waals surface area contributed by atoms with Gasteiger partial charge in [0.05, 0.1) is 0 Å². The average molecular weight is 464 g/mol. The summed E-state index contributed by atoms with van der Waals surface area (Å²) in [7, 11) is 0. The van der Waals surface area contributed by atoms with Gasteiger partial charge in [-0.15, -0.1) is 0 Å². The van der Waals surface area contributed by atoms with Gasteiger partial charge in [0.15, 0.2) is 23.0 Å². The van der Waals surface area contributed by atoms with Gasteiger partial charge in [0.2, 0.25) is 0 Å². The highest BCUT2D eigenvalue weighted by molar-refractivity contribution is 14.1. The molecule has 0 saturated heterocycles. The lowest BCUT2D eigenvalue weighted by molar-refractivity contribution is 0.704. The number of hydrogen-bond acceptors (Lipinski definition) is 1. The van der Waals surface area contributed by atoms with Crippen molar-refractivity contribution in [2.45, 2.75) is 17.8 Å². The molecule has 0 N–H and O–H groups in total. The molecule has 0 atom stereocenters. The molecule has 0 aliphatic rings. The Bertz CT molecular complexity index is 538. The molecule has 2 aromatic carbocycles. The topological polar surface area (TPSA) is 9.23 Å². The highest BCUT2D eigenvalue weighted by Crippen LogP contribution is 2.24. The van der Waals surface area contributed by atoms with Crippen LogP contribution in [0.15, 0.2) is 42.5 Å². The molecule has 0 aliphatic heterocycles. The summed E-state index contributed by atoms with van der Waals surface area (Å²) in [4.78, 5) is 0.